The fourth-order valence-corrected chi connectivity index (χ4v) is 3.71. The standard InChI is InChI=1S/C23H19ClN4O2S/c1-30-18-11-8-17(9-12-18)22-26-23(25-15-19-6-4-14-31-19)28(27-22)21(29)13-10-16-5-2-3-7-20(16)24/h2-14H,15H2,1H3,(H,25,26,27). The number of carbonyl (C=O) groups is 1. The van der Waals surface area contributed by atoms with Crippen molar-refractivity contribution in [2.24, 2.45) is 0 Å². The second-order valence-corrected chi connectivity index (χ2v) is 7.96. The third-order valence-electron chi connectivity index (χ3n) is 4.48. The van der Waals surface area contributed by atoms with Gasteiger partial charge in [0.15, 0.2) is 5.82 Å². The molecule has 0 atom stereocenters. The van der Waals surface area contributed by atoms with E-state index in [4.69, 9.17) is 16.3 Å². The zero-order valence-corrected chi connectivity index (χ0v) is 18.2. The van der Waals surface area contributed by atoms with E-state index in [-0.39, 0.29) is 5.91 Å². The first-order valence-corrected chi connectivity index (χ1v) is 10.7. The molecule has 0 amide bonds. The number of hydrogen-bond acceptors (Lipinski definition) is 6. The van der Waals surface area contributed by atoms with Gasteiger partial charge in [-0.05, 0) is 53.4 Å². The van der Waals surface area contributed by atoms with Gasteiger partial charge >= 0.3 is 0 Å². The van der Waals surface area contributed by atoms with Crippen LogP contribution >= 0.6 is 22.9 Å². The number of thiophene rings is 1. The van der Waals surface area contributed by atoms with Crippen molar-refractivity contribution in [3.63, 3.8) is 0 Å². The number of ether oxygens (including phenoxy) is 1. The van der Waals surface area contributed by atoms with Crippen LogP contribution < -0.4 is 10.1 Å². The smallest absolute Gasteiger partial charge is 0.274 e. The quantitative estimate of drug-likeness (QED) is 0.369. The van der Waals surface area contributed by atoms with Crippen LogP contribution in [0.1, 0.15) is 15.2 Å². The molecule has 1 N–H and O–H groups in total. The normalized spacial score (nSPS) is 11.0. The number of halogens is 1. The maximum Gasteiger partial charge on any atom is 0.274 e. The van der Waals surface area contributed by atoms with Crippen LogP contribution in [0, 0.1) is 0 Å². The van der Waals surface area contributed by atoms with Crippen LogP contribution in [0.5, 0.6) is 5.75 Å². The maximum absolute atomic E-state index is 12.9. The summed E-state index contributed by atoms with van der Waals surface area (Å²) in [5.74, 6) is 1.21. The summed E-state index contributed by atoms with van der Waals surface area (Å²) in [4.78, 5) is 18.6. The van der Waals surface area contributed by atoms with Crippen molar-refractivity contribution in [3.8, 4) is 17.1 Å². The minimum Gasteiger partial charge on any atom is -0.497 e. The Labute approximate surface area is 188 Å². The summed E-state index contributed by atoms with van der Waals surface area (Å²) in [6.45, 7) is 0.542. The molecule has 8 heteroatoms. The molecule has 0 fully saturated rings. The van der Waals surface area contributed by atoms with Gasteiger partial charge in [0.25, 0.3) is 5.91 Å². The Morgan fingerprint density at radius 3 is 2.68 bits per heavy atom. The zero-order chi connectivity index (χ0) is 21.6. The number of nitrogens with one attached hydrogen (secondary N) is 1. The van der Waals surface area contributed by atoms with Gasteiger partial charge < -0.3 is 10.1 Å². The summed E-state index contributed by atoms with van der Waals surface area (Å²) in [6.07, 6.45) is 3.10. The Balaban J connectivity index is 1.63. The van der Waals surface area contributed by atoms with Gasteiger partial charge in [-0.2, -0.15) is 9.67 Å². The lowest BCUT2D eigenvalue weighted by atomic mass is 10.2. The lowest BCUT2D eigenvalue weighted by Crippen LogP contribution is -2.14. The zero-order valence-electron chi connectivity index (χ0n) is 16.7. The Morgan fingerprint density at radius 2 is 1.97 bits per heavy atom. The molecule has 0 aliphatic carbocycles. The Kier molecular flexibility index (Phi) is 6.45. The van der Waals surface area contributed by atoms with Crippen molar-refractivity contribution in [2.75, 3.05) is 12.4 Å². The average Bonchev–Trinajstić information content (AvgIpc) is 3.47. The number of aromatic nitrogens is 3. The molecule has 4 aromatic rings. The molecule has 4 rings (SSSR count). The summed E-state index contributed by atoms with van der Waals surface area (Å²) < 4.78 is 6.47. The van der Waals surface area contributed by atoms with E-state index in [1.165, 1.54) is 10.8 Å². The monoisotopic (exact) mass is 450 g/mol. The van der Waals surface area contributed by atoms with Crippen molar-refractivity contribution in [1.29, 1.82) is 0 Å². The van der Waals surface area contributed by atoms with Crippen LogP contribution in [0.2, 0.25) is 5.02 Å². The molecule has 0 spiro atoms. The van der Waals surface area contributed by atoms with E-state index in [0.717, 1.165) is 21.8 Å². The highest BCUT2D eigenvalue weighted by molar-refractivity contribution is 7.09. The van der Waals surface area contributed by atoms with Crippen LogP contribution in [0.3, 0.4) is 0 Å². The van der Waals surface area contributed by atoms with Crippen LogP contribution in [0.15, 0.2) is 72.1 Å². The predicted octanol–water partition coefficient (Wildman–Crippen LogP) is 5.63. The highest BCUT2D eigenvalue weighted by Crippen LogP contribution is 2.22. The van der Waals surface area contributed by atoms with Gasteiger partial charge in [-0.1, -0.05) is 35.9 Å². The van der Waals surface area contributed by atoms with Gasteiger partial charge in [0.05, 0.1) is 13.7 Å². The number of carbonyl (C=O) groups excluding carboxylic acids is 1. The summed E-state index contributed by atoms with van der Waals surface area (Å²) in [6, 6.07) is 18.7. The third-order valence-corrected chi connectivity index (χ3v) is 5.70. The fourth-order valence-electron chi connectivity index (χ4n) is 2.86. The molecule has 31 heavy (non-hydrogen) atoms. The number of allylic oxidation sites excluding steroid dienone is 1. The topological polar surface area (TPSA) is 69.0 Å². The third kappa shape index (κ3) is 5.02. The number of methoxy groups -OCH3 is 1. The van der Waals surface area contributed by atoms with Crippen LogP contribution in [0.25, 0.3) is 17.5 Å². The first kappa shape index (κ1) is 20.8. The van der Waals surface area contributed by atoms with Crippen molar-refractivity contribution < 1.29 is 9.53 Å². The van der Waals surface area contributed by atoms with Gasteiger partial charge in [-0.3, -0.25) is 4.79 Å². The molecule has 0 unspecified atom stereocenters. The molecule has 0 radical (unpaired) electrons. The van der Waals surface area contributed by atoms with Crippen LogP contribution in [-0.2, 0) is 6.54 Å². The Hall–Kier alpha value is -3.42. The highest BCUT2D eigenvalue weighted by atomic mass is 35.5. The van der Waals surface area contributed by atoms with Crippen molar-refractivity contribution in [1.82, 2.24) is 14.8 Å². The second kappa shape index (κ2) is 9.59. The molecule has 0 saturated heterocycles. The van der Waals surface area contributed by atoms with Gasteiger partial charge in [0, 0.05) is 21.5 Å². The second-order valence-electron chi connectivity index (χ2n) is 6.53. The number of hydrogen-bond donors (Lipinski definition) is 1. The Bertz CT molecular complexity index is 1200. The molecule has 0 aliphatic heterocycles. The van der Waals surface area contributed by atoms with E-state index in [9.17, 15) is 4.79 Å². The number of nitrogens with zero attached hydrogens (tertiary/aromatic N) is 3. The molecule has 2 aromatic carbocycles. The number of anilines is 1. The SMILES string of the molecule is COc1ccc(-c2nc(NCc3cccs3)n(C(=O)C=Cc3ccccc3Cl)n2)cc1. The van der Waals surface area contributed by atoms with Crippen molar-refractivity contribution >= 4 is 40.9 Å². The molecule has 0 bridgehead atoms. The summed E-state index contributed by atoms with van der Waals surface area (Å²) in [7, 11) is 1.61. The van der Waals surface area contributed by atoms with E-state index in [0.29, 0.717) is 23.3 Å². The van der Waals surface area contributed by atoms with Crippen molar-refractivity contribution in [3.05, 3.63) is 87.6 Å². The van der Waals surface area contributed by atoms with E-state index in [2.05, 4.69) is 15.4 Å². The molecule has 6 nitrogen and oxygen atoms in total. The van der Waals surface area contributed by atoms with E-state index < -0.39 is 0 Å². The predicted molar refractivity (Wildman–Crippen MR) is 125 cm³/mol. The number of benzene rings is 2. The summed E-state index contributed by atoms with van der Waals surface area (Å²) in [5, 5.41) is 10.2. The largest absolute Gasteiger partial charge is 0.497 e. The van der Waals surface area contributed by atoms with Gasteiger partial charge in [-0.25, -0.2) is 0 Å². The minimum atomic E-state index is -0.333. The van der Waals surface area contributed by atoms with E-state index in [1.54, 1.807) is 30.6 Å². The fraction of sp³-hybridized carbons (Fsp3) is 0.0870. The van der Waals surface area contributed by atoms with Crippen LogP contribution in [0.4, 0.5) is 5.95 Å². The molecular formula is C23H19ClN4O2S. The first-order chi connectivity index (χ1) is 15.1. The molecule has 0 saturated carbocycles. The van der Waals surface area contributed by atoms with E-state index in [1.807, 2.05) is 60.0 Å². The lowest BCUT2D eigenvalue weighted by Gasteiger charge is -2.04. The van der Waals surface area contributed by atoms with E-state index >= 15 is 0 Å². The van der Waals surface area contributed by atoms with Crippen LogP contribution in [-0.4, -0.2) is 27.8 Å². The Morgan fingerprint density at radius 1 is 1.16 bits per heavy atom. The van der Waals surface area contributed by atoms with Gasteiger partial charge in [-0.15, -0.1) is 16.4 Å². The maximum atomic E-state index is 12.9. The lowest BCUT2D eigenvalue weighted by molar-refractivity contribution is 0.0957. The van der Waals surface area contributed by atoms with Gasteiger partial charge in [0.2, 0.25) is 5.95 Å². The van der Waals surface area contributed by atoms with Crippen molar-refractivity contribution in [2.45, 2.75) is 6.54 Å². The molecule has 0 aliphatic rings. The summed E-state index contributed by atoms with van der Waals surface area (Å²) >= 11 is 7.81. The number of rotatable bonds is 7. The first-order valence-electron chi connectivity index (χ1n) is 9.49. The molecule has 156 valence electrons. The average molecular weight is 451 g/mol. The molecule has 2 heterocycles. The van der Waals surface area contributed by atoms with Gasteiger partial charge in [0.1, 0.15) is 5.75 Å². The minimum absolute atomic E-state index is 0.333. The highest BCUT2D eigenvalue weighted by Gasteiger charge is 2.16. The summed E-state index contributed by atoms with van der Waals surface area (Å²) in [5.41, 5.74) is 1.53. The molecule has 2 aromatic heterocycles. The molecular weight excluding hydrogens is 432 g/mol.